The van der Waals surface area contributed by atoms with E-state index in [4.69, 9.17) is 9.84 Å². The first-order chi connectivity index (χ1) is 11.6. The van der Waals surface area contributed by atoms with Gasteiger partial charge in [0.05, 0.1) is 0 Å². The van der Waals surface area contributed by atoms with Gasteiger partial charge in [0.2, 0.25) is 0 Å². The minimum atomic E-state index is -0.158. The van der Waals surface area contributed by atoms with Gasteiger partial charge in [-0.25, -0.2) is 0 Å². The van der Waals surface area contributed by atoms with Crippen molar-refractivity contribution in [1.82, 2.24) is 10.3 Å². The minimum Gasteiger partial charge on any atom is -0.489 e. The van der Waals surface area contributed by atoms with Gasteiger partial charge >= 0.3 is 0 Å². The van der Waals surface area contributed by atoms with E-state index in [-0.39, 0.29) is 24.5 Å². The number of aliphatic hydroxyl groups excluding tert-OH is 1. The fraction of sp³-hybridized carbons (Fsp3) is 0.368. The van der Waals surface area contributed by atoms with Gasteiger partial charge in [0, 0.05) is 36.2 Å². The van der Waals surface area contributed by atoms with E-state index in [1.807, 2.05) is 32.0 Å². The molecule has 2 aromatic rings. The number of ether oxygens (including phenoxy) is 1. The fourth-order valence-corrected chi connectivity index (χ4v) is 2.34. The van der Waals surface area contributed by atoms with E-state index in [2.05, 4.69) is 10.3 Å². The van der Waals surface area contributed by atoms with Crippen LogP contribution in [0, 0.1) is 5.92 Å². The van der Waals surface area contributed by atoms with E-state index in [1.165, 1.54) is 0 Å². The first kappa shape index (κ1) is 17.9. The van der Waals surface area contributed by atoms with Crippen molar-refractivity contribution in [2.45, 2.75) is 32.9 Å². The first-order valence-electron chi connectivity index (χ1n) is 8.13. The zero-order valence-corrected chi connectivity index (χ0v) is 14.1. The summed E-state index contributed by atoms with van der Waals surface area (Å²) < 4.78 is 5.72. The van der Waals surface area contributed by atoms with Crippen molar-refractivity contribution in [1.29, 1.82) is 0 Å². The normalized spacial score (nSPS) is 12.0. The molecule has 5 heteroatoms. The number of aromatic nitrogens is 1. The molecule has 0 spiro atoms. The molecule has 5 nitrogen and oxygen atoms in total. The van der Waals surface area contributed by atoms with Crippen molar-refractivity contribution in [2.75, 3.05) is 6.61 Å². The number of hydrogen-bond acceptors (Lipinski definition) is 4. The van der Waals surface area contributed by atoms with Crippen LogP contribution in [-0.2, 0) is 6.61 Å². The third-order valence-electron chi connectivity index (χ3n) is 3.79. The van der Waals surface area contributed by atoms with E-state index in [0.29, 0.717) is 24.3 Å². The smallest absolute Gasteiger partial charge is 0.251 e. The maximum absolute atomic E-state index is 12.4. The van der Waals surface area contributed by atoms with Crippen molar-refractivity contribution < 1.29 is 14.6 Å². The Balaban J connectivity index is 1.99. The maximum atomic E-state index is 12.4. The molecule has 1 atom stereocenters. The van der Waals surface area contributed by atoms with Gasteiger partial charge in [0.1, 0.15) is 12.4 Å². The summed E-state index contributed by atoms with van der Waals surface area (Å²) in [5.74, 6) is 0.731. The number of amides is 1. The van der Waals surface area contributed by atoms with Gasteiger partial charge in [-0.1, -0.05) is 26.0 Å². The van der Waals surface area contributed by atoms with Gasteiger partial charge in [0.25, 0.3) is 5.91 Å². The van der Waals surface area contributed by atoms with E-state index in [1.54, 1.807) is 30.6 Å². The molecule has 1 amide bonds. The van der Waals surface area contributed by atoms with Gasteiger partial charge in [-0.3, -0.25) is 9.78 Å². The van der Waals surface area contributed by atoms with E-state index < -0.39 is 0 Å². The molecule has 128 valence electrons. The van der Waals surface area contributed by atoms with Crippen LogP contribution in [0.2, 0.25) is 0 Å². The molecule has 0 aliphatic carbocycles. The molecule has 2 rings (SSSR count). The van der Waals surface area contributed by atoms with Crippen molar-refractivity contribution in [3.8, 4) is 5.75 Å². The predicted molar refractivity (Wildman–Crippen MR) is 92.8 cm³/mol. The Morgan fingerprint density at radius 3 is 2.79 bits per heavy atom. The molecule has 24 heavy (non-hydrogen) atoms. The zero-order valence-electron chi connectivity index (χ0n) is 14.1. The van der Waals surface area contributed by atoms with Crippen LogP contribution < -0.4 is 10.1 Å². The van der Waals surface area contributed by atoms with Crippen LogP contribution in [0.25, 0.3) is 0 Å². The minimum absolute atomic E-state index is 0.0530. The number of carbonyl (C=O) groups excluding carboxylic acids is 1. The molecule has 0 saturated carbocycles. The quantitative estimate of drug-likeness (QED) is 0.782. The maximum Gasteiger partial charge on any atom is 0.251 e. The van der Waals surface area contributed by atoms with Gasteiger partial charge in [-0.15, -0.1) is 0 Å². The Morgan fingerprint density at radius 2 is 2.12 bits per heavy atom. The molecule has 1 aromatic heterocycles. The number of nitrogens with zero attached hydrogens (tertiary/aromatic N) is 1. The second-order valence-corrected chi connectivity index (χ2v) is 6.01. The average molecular weight is 328 g/mol. The SMILES string of the molecule is CC(C)C(CCO)NC(=O)c1cccc(OCc2cccnc2)c1. The second-order valence-electron chi connectivity index (χ2n) is 6.01. The lowest BCUT2D eigenvalue weighted by Crippen LogP contribution is -2.39. The number of benzene rings is 1. The predicted octanol–water partition coefficient (Wildman–Crippen LogP) is 2.80. The van der Waals surface area contributed by atoms with Gasteiger partial charge in [-0.2, -0.15) is 0 Å². The zero-order chi connectivity index (χ0) is 17.4. The van der Waals surface area contributed by atoms with Crippen molar-refractivity contribution >= 4 is 5.91 Å². The van der Waals surface area contributed by atoms with Gasteiger partial charge < -0.3 is 15.2 Å². The Labute approximate surface area is 142 Å². The summed E-state index contributed by atoms with van der Waals surface area (Å²) in [4.78, 5) is 16.4. The summed E-state index contributed by atoms with van der Waals surface area (Å²) >= 11 is 0. The van der Waals surface area contributed by atoms with Crippen LogP contribution in [-0.4, -0.2) is 28.6 Å². The highest BCUT2D eigenvalue weighted by molar-refractivity contribution is 5.94. The summed E-state index contributed by atoms with van der Waals surface area (Å²) in [6, 6.07) is 10.8. The summed E-state index contributed by atoms with van der Waals surface area (Å²) in [5, 5.41) is 12.1. The molecule has 1 aromatic carbocycles. The highest BCUT2D eigenvalue weighted by Crippen LogP contribution is 2.16. The highest BCUT2D eigenvalue weighted by Gasteiger charge is 2.17. The number of hydrogen-bond donors (Lipinski definition) is 2. The Hall–Kier alpha value is -2.40. The van der Waals surface area contributed by atoms with Crippen molar-refractivity contribution in [3.63, 3.8) is 0 Å². The lowest BCUT2D eigenvalue weighted by atomic mass is 10.0. The molecule has 1 unspecified atom stereocenters. The summed E-state index contributed by atoms with van der Waals surface area (Å²) in [6.45, 7) is 4.50. The molecular formula is C19H24N2O3. The highest BCUT2D eigenvalue weighted by atomic mass is 16.5. The topological polar surface area (TPSA) is 71.5 Å². The Kier molecular flexibility index (Phi) is 6.75. The first-order valence-corrected chi connectivity index (χ1v) is 8.13. The number of rotatable bonds is 8. The average Bonchev–Trinajstić information content (AvgIpc) is 2.60. The molecule has 0 aliphatic heterocycles. The van der Waals surface area contributed by atoms with Gasteiger partial charge in [0.15, 0.2) is 0 Å². The second kappa shape index (κ2) is 9.03. The van der Waals surface area contributed by atoms with E-state index in [0.717, 1.165) is 5.56 Å². The molecular weight excluding hydrogens is 304 g/mol. The Morgan fingerprint density at radius 1 is 1.29 bits per heavy atom. The molecule has 0 saturated heterocycles. The monoisotopic (exact) mass is 328 g/mol. The van der Waals surface area contributed by atoms with E-state index >= 15 is 0 Å². The van der Waals surface area contributed by atoms with Crippen LogP contribution in [0.1, 0.15) is 36.2 Å². The molecule has 1 heterocycles. The summed E-state index contributed by atoms with van der Waals surface area (Å²) in [6.07, 6.45) is 4.01. The standard InChI is InChI=1S/C19H24N2O3/c1-14(2)18(8-10-22)21-19(23)16-6-3-7-17(11-16)24-13-15-5-4-9-20-12-15/h3-7,9,11-12,14,18,22H,8,10,13H2,1-2H3,(H,21,23). The molecule has 0 fully saturated rings. The number of nitrogens with one attached hydrogen (secondary N) is 1. The van der Waals surface area contributed by atoms with Crippen molar-refractivity contribution in [2.24, 2.45) is 5.92 Å². The van der Waals surface area contributed by atoms with Crippen LogP contribution in [0.15, 0.2) is 48.8 Å². The van der Waals surface area contributed by atoms with Crippen LogP contribution in [0.3, 0.4) is 0 Å². The lowest BCUT2D eigenvalue weighted by Gasteiger charge is -2.21. The third-order valence-corrected chi connectivity index (χ3v) is 3.79. The van der Waals surface area contributed by atoms with Crippen LogP contribution in [0.5, 0.6) is 5.75 Å². The number of pyridine rings is 1. The number of carbonyl (C=O) groups is 1. The molecule has 0 aliphatic rings. The fourth-order valence-electron chi connectivity index (χ4n) is 2.34. The summed E-state index contributed by atoms with van der Waals surface area (Å²) in [5.41, 5.74) is 1.51. The molecule has 2 N–H and O–H groups in total. The molecule has 0 bridgehead atoms. The Bertz CT molecular complexity index is 644. The van der Waals surface area contributed by atoms with Gasteiger partial charge in [-0.05, 0) is 36.6 Å². The third kappa shape index (κ3) is 5.35. The summed E-state index contributed by atoms with van der Waals surface area (Å²) in [7, 11) is 0. The number of aliphatic hydroxyl groups is 1. The van der Waals surface area contributed by atoms with Crippen LogP contribution in [0.4, 0.5) is 0 Å². The molecule has 0 radical (unpaired) electrons. The van der Waals surface area contributed by atoms with Crippen molar-refractivity contribution in [3.05, 3.63) is 59.9 Å². The lowest BCUT2D eigenvalue weighted by molar-refractivity contribution is 0.0916. The largest absolute Gasteiger partial charge is 0.489 e. The van der Waals surface area contributed by atoms with E-state index in [9.17, 15) is 4.79 Å². The van der Waals surface area contributed by atoms with Crippen LogP contribution >= 0.6 is 0 Å².